The average Bonchev–Trinajstić information content (AvgIpc) is 3.08. The van der Waals surface area contributed by atoms with Crippen molar-refractivity contribution in [2.75, 3.05) is 5.32 Å². The first kappa shape index (κ1) is 16.7. The average molecular weight is 354 g/mol. The minimum atomic E-state index is -1.00. The first-order valence-corrected chi connectivity index (χ1v) is 8.13. The molecule has 6 nitrogen and oxygen atoms in total. The molecule has 1 saturated carbocycles. The zero-order valence-corrected chi connectivity index (χ0v) is 13.8. The van der Waals surface area contributed by atoms with Crippen LogP contribution in [0.1, 0.15) is 32.6 Å². The Morgan fingerprint density at radius 3 is 2.67 bits per heavy atom. The van der Waals surface area contributed by atoms with Crippen molar-refractivity contribution < 1.29 is 18.8 Å². The van der Waals surface area contributed by atoms with Gasteiger partial charge in [-0.3, -0.25) is 9.59 Å². The molecular formula is C16H17ClFN3O3. The van der Waals surface area contributed by atoms with Crippen LogP contribution in [-0.4, -0.2) is 34.3 Å². The molecule has 0 unspecified atom stereocenters. The van der Waals surface area contributed by atoms with Gasteiger partial charge in [-0.25, -0.2) is 14.1 Å². The molecule has 2 fully saturated rings. The van der Waals surface area contributed by atoms with Crippen LogP contribution in [0, 0.1) is 5.82 Å². The molecular weight excluding hydrogens is 337 g/mol. The van der Waals surface area contributed by atoms with Gasteiger partial charge in [-0.2, -0.15) is 0 Å². The molecule has 128 valence electrons. The molecule has 2 aliphatic rings. The molecule has 8 heteroatoms. The summed E-state index contributed by atoms with van der Waals surface area (Å²) in [5.74, 6) is -1.46. The molecule has 0 radical (unpaired) electrons. The van der Waals surface area contributed by atoms with Crippen LogP contribution in [0.3, 0.4) is 0 Å². The van der Waals surface area contributed by atoms with E-state index in [2.05, 4.69) is 10.6 Å². The number of carbonyl (C=O) groups is 3. The van der Waals surface area contributed by atoms with Gasteiger partial charge in [0.25, 0.3) is 5.91 Å². The topological polar surface area (TPSA) is 78.5 Å². The number of carbonyl (C=O) groups excluding carboxylic acids is 3. The van der Waals surface area contributed by atoms with Crippen molar-refractivity contribution in [1.29, 1.82) is 0 Å². The number of nitrogens with one attached hydrogen (secondary N) is 2. The Balaban J connectivity index is 1.76. The normalized spacial score (nSPS) is 20.4. The number of imide groups is 1. The van der Waals surface area contributed by atoms with E-state index in [1.807, 2.05) is 0 Å². The van der Waals surface area contributed by atoms with Crippen LogP contribution in [0.5, 0.6) is 0 Å². The van der Waals surface area contributed by atoms with E-state index >= 15 is 0 Å². The number of amides is 4. The summed E-state index contributed by atoms with van der Waals surface area (Å²) in [6.45, 7) is 1.47. The van der Waals surface area contributed by atoms with Gasteiger partial charge in [0.05, 0.1) is 10.7 Å². The van der Waals surface area contributed by atoms with E-state index in [1.165, 1.54) is 13.0 Å². The molecule has 4 amide bonds. The quantitative estimate of drug-likeness (QED) is 0.820. The summed E-state index contributed by atoms with van der Waals surface area (Å²) in [7, 11) is 0. The van der Waals surface area contributed by atoms with Crippen LogP contribution in [0.4, 0.5) is 14.9 Å². The highest BCUT2D eigenvalue weighted by Crippen LogP contribution is 2.36. The molecule has 1 atom stereocenters. The van der Waals surface area contributed by atoms with Gasteiger partial charge in [-0.1, -0.05) is 24.4 Å². The van der Waals surface area contributed by atoms with Gasteiger partial charge in [-0.05, 0) is 38.0 Å². The van der Waals surface area contributed by atoms with Crippen LogP contribution in [0.15, 0.2) is 18.2 Å². The molecule has 1 aliphatic heterocycles. The SMILES string of the molecule is C[C@H](C(=O)Nc1ccc(F)cc1Cl)N1C(=O)NC2(CCCC2)C1=O. The Hall–Kier alpha value is -2.15. The Morgan fingerprint density at radius 1 is 1.38 bits per heavy atom. The Labute approximate surface area is 143 Å². The lowest BCUT2D eigenvalue weighted by atomic mass is 9.97. The van der Waals surface area contributed by atoms with Crippen LogP contribution in [0.2, 0.25) is 5.02 Å². The van der Waals surface area contributed by atoms with Crippen molar-refractivity contribution >= 4 is 35.1 Å². The largest absolute Gasteiger partial charge is 0.325 e. The predicted octanol–water partition coefficient (Wildman–Crippen LogP) is 2.67. The molecule has 24 heavy (non-hydrogen) atoms. The second kappa shape index (κ2) is 6.05. The number of hydrogen-bond donors (Lipinski definition) is 2. The van der Waals surface area contributed by atoms with E-state index in [0.717, 1.165) is 29.9 Å². The number of halogens is 2. The summed E-state index contributed by atoms with van der Waals surface area (Å²) < 4.78 is 13.1. The maximum absolute atomic E-state index is 13.1. The standard InChI is InChI=1S/C16H17ClFN3O3/c1-9(13(22)19-12-5-4-10(18)8-11(12)17)21-14(23)16(20-15(21)24)6-2-3-7-16/h4-5,8-9H,2-3,6-7H2,1H3,(H,19,22)(H,20,24)/t9-/m1/s1. The molecule has 1 aliphatic carbocycles. The third-order valence-electron chi connectivity index (χ3n) is 4.61. The highest BCUT2D eigenvalue weighted by atomic mass is 35.5. The minimum Gasteiger partial charge on any atom is -0.323 e. The fraction of sp³-hybridized carbons (Fsp3) is 0.438. The lowest BCUT2D eigenvalue weighted by Crippen LogP contribution is -2.48. The highest BCUT2D eigenvalue weighted by Gasteiger charge is 2.54. The van der Waals surface area contributed by atoms with Crippen molar-refractivity contribution in [1.82, 2.24) is 10.2 Å². The van der Waals surface area contributed by atoms with Crippen LogP contribution in [-0.2, 0) is 9.59 Å². The maximum atomic E-state index is 13.1. The molecule has 0 bridgehead atoms. The zero-order chi connectivity index (χ0) is 17.5. The predicted molar refractivity (Wildman–Crippen MR) is 86.1 cm³/mol. The van der Waals surface area contributed by atoms with E-state index < -0.39 is 29.3 Å². The van der Waals surface area contributed by atoms with Crippen molar-refractivity contribution in [2.45, 2.75) is 44.2 Å². The maximum Gasteiger partial charge on any atom is 0.325 e. The van der Waals surface area contributed by atoms with Gasteiger partial charge in [0.2, 0.25) is 5.91 Å². The molecule has 2 N–H and O–H groups in total. The molecule has 0 aromatic heterocycles. The van der Waals surface area contributed by atoms with E-state index in [4.69, 9.17) is 11.6 Å². The monoisotopic (exact) mass is 353 g/mol. The van der Waals surface area contributed by atoms with Crippen molar-refractivity contribution in [3.63, 3.8) is 0 Å². The Kier molecular flexibility index (Phi) is 4.21. The molecule has 1 aromatic rings. The second-order valence-corrected chi connectivity index (χ2v) is 6.59. The summed E-state index contributed by atoms with van der Waals surface area (Å²) in [4.78, 5) is 38.2. The lowest BCUT2D eigenvalue weighted by molar-refractivity contribution is -0.136. The van der Waals surface area contributed by atoms with Gasteiger partial charge in [0.15, 0.2) is 0 Å². The third kappa shape index (κ3) is 2.73. The number of rotatable bonds is 3. The molecule has 1 saturated heterocycles. The molecule has 1 aromatic carbocycles. The summed E-state index contributed by atoms with van der Waals surface area (Å²) in [5, 5.41) is 5.29. The summed E-state index contributed by atoms with van der Waals surface area (Å²) in [5.41, 5.74) is -0.642. The van der Waals surface area contributed by atoms with E-state index in [-0.39, 0.29) is 16.6 Å². The zero-order valence-electron chi connectivity index (χ0n) is 13.1. The van der Waals surface area contributed by atoms with Crippen LogP contribution in [0.25, 0.3) is 0 Å². The van der Waals surface area contributed by atoms with Crippen LogP contribution < -0.4 is 10.6 Å². The smallest absolute Gasteiger partial charge is 0.323 e. The molecule has 3 rings (SSSR count). The first-order chi connectivity index (χ1) is 11.3. The number of urea groups is 1. The van der Waals surface area contributed by atoms with E-state index in [9.17, 15) is 18.8 Å². The van der Waals surface area contributed by atoms with Gasteiger partial charge < -0.3 is 10.6 Å². The summed E-state index contributed by atoms with van der Waals surface area (Å²) in [6, 6.07) is 2.00. The number of benzene rings is 1. The summed E-state index contributed by atoms with van der Waals surface area (Å²) in [6.07, 6.45) is 2.91. The highest BCUT2D eigenvalue weighted by molar-refractivity contribution is 6.33. The van der Waals surface area contributed by atoms with Gasteiger partial charge in [0.1, 0.15) is 17.4 Å². The van der Waals surface area contributed by atoms with Gasteiger partial charge in [0, 0.05) is 0 Å². The van der Waals surface area contributed by atoms with E-state index in [0.29, 0.717) is 12.8 Å². The van der Waals surface area contributed by atoms with E-state index in [1.54, 1.807) is 0 Å². The van der Waals surface area contributed by atoms with Gasteiger partial charge >= 0.3 is 6.03 Å². The van der Waals surface area contributed by atoms with Crippen molar-refractivity contribution in [3.05, 3.63) is 29.0 Å². The first-order valence-electron chi connectivity index (χ1n) is 7.76. The molecule has 1 heterocycles. The Morgan fingerprint density at radius 2 is 2.04 bits per heavy atom. The second-order valence-electron chi connectivity index (χ2n) is 6.18. The number of anilines is 1. The summed E-state index contributed by atoms with van der Waals surface area (Å²) >= 11 is 5.88. The number of nitrogens with zero attached hydrogens (tertiary/aromatic N) is 1. The lowest BCUT2D eigenvalue weighted by Gasteiger charge is -2.23. The van der Waals surface area contributed by atoms with Crippen molar-refractivity contribution in [3.8, 4) is 0 Å². The fourth-order valence-electron chi connectivity index (χ4n) is 3.26. The third-order valence-corrected chi connectivity index (χ3v) is 4.92. The van der Waals surface area contributed by atoms with Crippen molar-refractivity contribution in [2.24, 2.45) is 0 Å². The fourth-order valence-corrected chi connectivity index (χ4v) is 3.47. The van der Waals surface area contributed by atoms with Crippen LogP contribution >= 0.6 is 11.6 Å². The minimum absolute atomic E-state index is 0.0417. The molecule has 1 spiro atoms. The Bertz CT molecular complexity index is 719. The van der Waals surface area contributed by atoms with Gasteiger partial charge in [-0.15, -0.1) is 0 Å². The number of hydrogen-bond acceptors (Lipinski definition) is 3.